The Bertz CT molecular complexity index is 1320. The van der Waals surface area contributed by atoms with Crippen molar-refractivity contribution in [3.05, 3.63) is 92.8 Å². The number of fused-ring (bicyclic) bond motifs is 1. The fourth-order valence-electron chi connectivity index (χ4n) is 3.47. The van der Waals surface area contributed by atoms with Crippen LogP contribution in [0.15, 0.2) is 64.3 Å². The van der Waals surface area contributed by atoms with Crippen molar-refractivity contribution in [1.82, 2.24) is 13.7 Å². The summed E-state index contributed by atoms with van der Waals surface area (Å²) in [5.74, 6) is -1.21. The van der Waals surface area contributed by atoms with Crippen LogP contribution in [0.3, 0.4) is 0 Å². The zero-order chi connectivity index (χ0) is 20.0. The van der Waals surface area contributed by atoms with E-state index >= 15 is 0 Å². The molecule has 0 bridgehead atoms. The highest BCUT2D eigenvalue weighted by Crippen LogP contribution is 2.28. The van der Waals surface area contributed by atoms with Crippen LogP contribution >= 0.6 is 0 Å². The molecule has 0 amide bonds. The maximum Gasteiger partial charge on any atom is 0.331 e. The zero-order valence-corrected chi connectivity index (χ0v) is 15.3. The van der Waals surface area contributed by atoms with Crippen LogP contribution in [0.4, 0.5) is 8.78 Å². The number of aromatic nitrogens is 3. The summed E-state index contributed by atoms with van der Waals surface area (Å²) in [6, 6.07) is 12.4. The molecule has 28 heavy (non-hydrogen) atoms. The summed E-state index contributed by atoms with van der Waals surface area (Å²) in [5.41, 5.74) is 1.19. The van der Waals surface area contributed by atoms with Crippen molar-refractivity contribution in [3.8, 4) is 11.1 Å². The third-order valence-corrected chi connectivity index (χ3v) is 4.87. The van der Waals surface area contributed by atoms with Gasteiger partial charge in [0.1, 0.15) is 17.2 Å². The number of hydrogen-bond donors (Lipinski definition) is 0. The van der Waals surface area contributed by atoms with E-state index in [1.165, 1.54) is 11.6 Å². The molecule has 2 heterocycles. The first-order chi connectivity index (χ1) is 13.4. The van der Waals surface area contributed by atoms with Gasteiger partial charge in [-0.3, -0.25) is 13.9 Å². The highest BCUT2D eigenvalue weighted by Gasteiger charge is 2.20. The van der Waals surface area contributed by atoms with Gasteiger partial charge in [0.05, 0.1) is 12.1 Å². The lowest BCUT2D eigenvalue weighted by molar-refractivity contribution is 0.570. The summed E-state index contributed by atoms with van der Waals surface area (Å²) in [5, 5.41) is 0. The van der Waals surface area contributed by atoms with Crippen LogP contribution in [0, 0.1) is 11.6 Å². The largest absolute Gasteiger partial charge is 0.344 e. The number of rotatable bonds is 3. The van der Waals surface area contributed by atoms with E-state index in [1.54, 1.807) is 17.8 Å². The number of benzene rings is 2. The van der Waals surface area contributed by atoms with Crippen molar-refractivity contribution in [3.63, 3.8) is 0 Å². The van der Waals surface area contributed by atoms with E-state index in [1.807, 2.05) is 30.3 Å². The van der Waals surface area contributed by atoms with Crippen molar-refractivity contribution >= 4 is 11.0 Å². The van der Waals surface area contributed by atoms with Crippen LogP contribution in [-0.2, 0) is 20.6 Å². The molecule has 0 saturated carbocycles. The molecule has 142 valence electrons. The minimum atomic E-state index is -0.618. The highest BCUT2D eigenvalue weighted by molar-refractivity contribution is 5.93. The molecular weight excluding hydrogens is 364 g/mol. The Morgan fingerprint density at radius 3 is 2.36 bits per heavy atom. The Kier molecular flexibility index (Phi) is 4.22. The van der Waals surface area contributed by atoms with Gasteiger partial charge in [0, 0.05) is 31.4 Å². The first kappa shape index (κ1) is 17.9. The van der Waals surface area contributed by atoms with E-state index in [9.17, 15) is 18.4 Å². The Labute approximate surface area is 158 Å². The fraction of sp³-hybridized carbons (Fsp3) is 0.143. The second-order valence-corrected chi connectivity index (χ2v) is 6.69. The summed E-state index contributed by atoms with van der Waals surface area (Å²) < 4.78 is 31.8. The predicted octanol–water partition coefficient (Wildman–Crippen LogP) is 3.03. The SMILES string of the molecule is Cn1c(=O)c2c(c(-c3ccccc3)cn2C)n(Cc2cc(F)ccc2F)c1=O. The smallest absolute Gasteiger partial charge is 0.331 e. The third-order valence-electron chi connectivity index (χ3n) is 4.87. The van der Waals surface area contributed by atoms with Gasteiger partial charge in [-0.05, 0) is 23.8 Å². The molecule has 0 saturated heterocycles. The third kappa shape index (κ3) is 2.76. The quantitative estimate of drug-likeness (QED) is 0.548. The van der Waals surface area contributed by atoms with Gasteiger partial charge >= 0.3 is 5.69 Å². The zero-order valence-electron chi connectivity index (χ0n) is 15.3. The second kappa shape index (κ2) is 6.60. The van der Waals surface area contributed by atoms with E-state index in [-0.39, 0.29) is 12.1 Å². The van der Waals surface area contributed by atoms with Gasteiger partial charge in [0.2, 0.25) is 0 Å². The van der Waals surface area contributed by atoms with E-state index in [4.69, 9.17) is 0 Å². The Hall–Kier alpha value is -3.48. The van der Waals surface area contributed by atoms with Crippen LogP contribution in [-0.4, -0.2) is 13.7 Å². The molecule has 0 aliphatic rings. The molecule has 0 radical (unpaired) electrons. The monoisotopic (exact) mass is 381 g/mol. The standard InChI is InChI=1S/C21H17F2N3O2/c1-24-12-16(13-6-4-3-5-7-13)18-19(24)20(27)25(2)21(28)26(18)11-14-10-15(22)8-9-17(14)23/h3-10,12H,11H2,1-2H3. The average Bonchev–Trinajstić information content (AvgIpc) is 3.04. The lowest BCUT2D eigenvalue weighted by atomic mass is 10.1. The molecule has 0 atom stereocenters. The van der Waals surface area contributed by atoms with Gasteiger partial charge in [-0.2, -0.15) is 0 Å². The number of hydrogen-bond acceptors (Lipinski definition) is 2. The number of nitrogens with zero attached hydrogens (tertiary/aromatic N) is 3. The summed E-state index contributed by atoms with van der Waals surface area (Å²) in [7, 11) is 3.09. The van der Waals surface area contributed by atoms with Crippen LogP contribution in [0.25, 0.3) is 22.2 Å². The Morgan fingerprint density at radius 2 is 1.64 bits per heavy atom. The fourth-order valence-corrected chi connectivity index (χ4v) is 3.47. The number of aryl methyl sites for hydroxylation is 1. The summed E-state index contributed by atoms with van der Waals surface area (Å²) >= 11 is 0. The molecular formula is C21H17F2N3O2. The normalized spacial score (nSPS) is 11.3. The van der Waals surface area contributed by atoms with E-state index in [0.717, 1.165) is 28.3 Å². The molecule has 4 rings (SSSR count). The maximum absolute atomic E-state index is 14.2. The molecule has 0 unspecified atom stereocenters. The van der Waals surface area contributed by atoms with E-state index in [0.29, 0.717) is 16.6 Å². The topological polar surface area (TPSA) is 48.9 Å². The molecule has 0 spiro atoms. The van der Waals surface area contributed by atoms with Crippen LogP contribution in [0.2, 0.25) is 0 Å². The molecule has 0 aliphatic heterocycles. The highest BCUT2D eigenvalue weighted by atomic mass is 19.1. The van der Waals surface area contributed by atoms with Gasteiger partial charge in [-0.1, -0.05) is 30.3 Å². The molecule has 2 aromatic carbocycles. The van der Waals surface area contributed by atoms with Gasteiger partial charge < -0.3 is 4.57 Å². The molecule has 2 aromatic heterocycles. The minimum Gasteiger partial charge on any atom is -0.344 e. The van der Waals surface area contributed by atoms with Crippen molar-refractivity contribution in [1.29, 1.82) is 0 Å². The molecule has 0 N–H and O–H groups in total. The minimum absolute atomic E-state index is 0.0323. The van der Waals surface area contributed by atoms with Gasteiger partial charge in [-0.25, -0.2) is 13.6 Å². The van der Waals surface area contributed by atoms with Crippen LogP contribution in [0.5, 0.6) is 0 Å². The summed E-state index contributed by atoms with van der Waals surface area (Å²) in [4.78, 5) is 25.6. The first-order valence-electron chi connectivity index (χ1n) is 8.66. The van der Waals surface area contributed by atoms with Crippen LogP contribution in [0.1, 0.15) is 5.56 Å². The van der Waals surface area contributed by atoms with Crippen molar-refractivity contribution in [2.45, 2.75) is 6.54 Å². The van der Waals surface area contributed by atoms with Gasteiger partial charge in [0.25, 0.3) is 5.56 Å². The van der Waals surface area contributed by atoms with Crippen molar-refractivity contribution < 1.29 is 8.78 Å². The van der Waals surface area contributed by atoms with Gasteiger partial charge in [0.15, 0.2) is 0 Å². The summed E-state index contributed by atoms with van der Waals surface area (Å²) in [6.45, 7) is -0.198. The second-order valence-electron chi connectivity index (χ2n) is 6.69. The van der Waals surface area contributed by atoms with Crippen LogP contribution < -0.4 is 11.2 Å². The first-order valence-corrected chi connectivity index (χ1v) is 8.66. The lowest BCUT2D eigenvalue weighted by Gasteiger charge is -2.13. The average molecular weight is 381 g/mol. The maximum atomic E-state index is 14.2. The molecule has 7 heteroatoms. The molecule has 0 aliphatic carbocycles. The molecule has 0 fully saturated rings. The Morgan fingerprint density at radius 1 is 0.929 bits per heavy atom. The predicted molar refractivity (Wildman–Crippen MR) is 103 cm³/mol. The van der Waals surface area contributed by atoms with Crippen molar-refractivity contribution in [2.24, 2.45) is 14.1 Å². The summed E-state index contributed by atoms with van der Waals surface area (Å²) in [6.07, 6.45) is 1.76. The van der Waals surface area contributed by atoms with E-state index in [2.05, 4.69) is 0 Å². The molecule has 5 nitrogen and oxygen atoms in total. The molecule has 4 aromatic rings. The lowest BCUT2D eigenvalue weighted by Crippen LogP contribution is -2.38. The number of halogens is 2. The van der Waals surface area contributed by atoms with Gasteiger partial charge in [-0.15, -0.1) is 0 Å². The van der Waals surface area contributed by atoms with Crippen molar-refractivity contribution in [2.75, 3.05) is 0 Å². The van der Waals surface area contributed by atoms with E-state index < -0.39 is 22.9 Å². The Balaban J connectivity index is 2.09.